The van der Waals surface area contributed by atoms with Gasteiger partial charge in [0.15, 0.2) is 0 Å². The fourth-order valence-corrected chi connectivity index (χ4v) is 3.81. The molecule has 1 aromatic rings. The first kappa shape index (κ1) is 12.2. The Labute approximate surface area is 110 Å². The summed E-state index contributed by atoms with van der Waals surface area (Å²) in [7, 11) is 0. The molecule has 0 amide bonds. The SMILES string of the molecule is O[C@H]1CCCC[C@H]1[NH+]1CC[C@@H](c2ccccc2)C1. The van der Waals surface area contributed by atoms with Gasteiger partial charge in [0.1, 0.15) is 12.1 Å². The van der Waals surface area contributed by atoms with Gasteiger partial charge in [0, 0.05) is 18.8 Å². The highest BCUT2D eigenvalue weighted by Crippen LogP contribution is 2.22. The maximum Gasteiger partial charge on any atom is 0.114 e. The Morgan fingerprint density at radius 1 is 1.00 bits per heavy atom. The topological polar surface area (TPSA) is 24.7 Å². The first-order valence-electron chi connectivity index (χ1n) is 7.42. The van der Waals surface area contributed by atoms with Gasteiger partial charge in [0.05, 0.1) is 13.1 Å². The zero-order valence-corrected chi connectivity index (χ0v) is 11.0. The number of hydrogen-bond acceptors (Lipinski definition) is 1. The lowest BCUT2D eigenvalue weighted by Crippen LogP contribution is -3.15. The summed E-state index contributed by atoms with van der Waals surface area (Å²) in [5, 5.41) is 10.2. The number of likely N-dealkylation sites (tertiary alicyclic amines) is 1. The van der Waals surface area contributed by atoms with Crippen LogP contribution in [0, 0.1) is 0 Å². The number of rotatable bonds is 2. The minimum Gasteiger partial charge on any atom is -0.387 e. The Morgan fingerprint density at radius 2 is 1.78 bits per heavy atom. The van der Waals surface area contributed by atoms with Gasteiger partial charge in [0.2, 0.25) is 0 Å². The van der Waals surface area contributed by atoms with E-state index in [0.717, 1.165) is 6.42 Å². The fraction of sp³-hybridized carbons (Fsp3) is 0.625. The van der Waals surface area contributed by atoms with Gasteiger partial charge in [-0.15, -0.1) is 0 Å². The van der Waals surface area contributed by atoms with Gasteiger partial charge in [-0.05, 0) is 18.4 Å². The number of nitrogens with one attached hydrogen (secondary N) is 1. The quantitative estimate of drug-likeness (QED) is 0.809. The molecule has 1 saturated heterocycles. The van der Waals surface area contributed by atoms with Crippen LogP contribution in [0.25, 0.3) is 0 Å². The van der Waals surface area contributed by atoms with Gasteiger partial charge < -0.3 is 10.0 Å². The Balaban J connectivity index is 1.64. The molecule has 2 N–H and O–H groups in total. The standard InChI is InChI=1S/C16H23NO/c18-16-9-5-4-8-15(16)17-11-10-14(12-17)13-6-2-1-3-7-13/h1-3,6-7,14-16,18H,4-5,8-12H2/p+1/t14-,15-,16+/m1/s1. The second-order valence-corrected chi connectivity index (χ2v) is 5.97. The van der Waals surface area contributed by atoms with E-state index in [1.165, 1.54) is 44.3 Å². The molecule has 1 unspecified atom stereocenters. The molecule has 2 nitrogen and oxygen atoms in total. The Morgan fingerprint density at radius 3 is 2.56 bits per heavy atom. The van der Waals surface area contributed by atoms with Crippen molar-refractivity contribution in [2.45, 2.75) is 50.2 Å². The van der Waals surface area contributed by atoms with Gasteiger partial charge in [-0.1, -0.05) is 36.8 Å². The monoisotopic (exact) mass is 246 g/mol. The summed E-state index contributed by atoms with van der Waals surface area (Å²) in [6, 6.07) is 11.4. The van der Waals surface area contributed by atoms with Crippen LogP contribution in [0.4, 0.5) is 0 Å². The minimum atomic E-state index is -0.0525. The van der Waals surface area contributed by atoms with Gasteiger partial charge >= 0.3 is 0 Å². The average molecular weight is 246 g/mol. The lowest BCUT2D eigenvalue weighted by atomic mass is 9.91. The predicted molar refractivity (Wildman–Crippen MR) is 72.8 cm³/mol. The molecule has 1 heterocycles. The normalized spacial score (nSPS) is 36.7. The van der Waals surface area contributed by atoms with E-state index in [4.69, 9.17) is 0 Å². The van der Waals surface area contributed by atoms with E-state index < -0.39 is 0 Å². The number of aliphatic hydroxyl groups excluding tert-OH is 1. The van der Waals surface area contributed by atoms with Crippen molar-refractivity contribution in [3.05, 3.63) is 35.9 Å². The number of hydrogen-bond donors (Lipinski definition) is 2. The average Bonchev–Trinajstić information content (AvgIpc) is 2.90. The van der Waals surface area contributed by atoms with Crippen LogP contribution in [0.3, 0.4) is 0 Å². The molecule has 0 radical (unpaired) electrons. The molecule has 18 heavy (non-hydrogen) atoms. The third kappa shape index (κ3) is 2.45. The first-order chi connectivity index (χ1) is 8.84. The van der Waals surface area contributed by atoms with E-state index in [1.807, 2.05) is 0 Å². The molecule has 98 valence electrons. The van der Waals surface area contributed by atoms with Crippen molar-refractivity contribution in [2.75, 3.05) is 13.1 Å². The largest absolute Gasteiger partial charge is 0.387 e. The van der Waals surface area contributed by atoms with Crippen molar-refractivity contribution in [1.82, 2.24) is 0 Å². The first-order valence-corrected chi connectivity index (χ1v) is 7.42. The van der Waals surface area contributed by atoms with E-state index in [0.29, 0.717) is 12.0 Å². The summed E-state index contributed by atoms with van der Waals surface area (Å²) in [6.07, 6.45) is 5.99. The van der Waals surface area contributed by atoms with E-state index >= 15 is 0 Å². The van der Waals surface area contributed by atoms with E-state index in [9.17, 15) is 5.11 Å². The summed E-state index contributed by atoms with van der Waals surface area (Å²) in [5.41, 5.74) is 1.48. The summed E-state index contributed by atoms with van der Waals surface area (Å²) in [4.78, 5) is 1.65. The van der Waals surface area contributed by atoms with Crippen LogP contribution < -0.4 is 4.90 Å². The Kier molecular flexibility index (Phi) is 3.67. The second-order valence-electron chi connectivity index (χ2n) is 5.97. The van der Waals surface area contributed by atoms with Crippen molar-refractivity contribution in [2.24, 2.45) is 0 Å². The molecule has 1 aliphatic carbocycles. The third-order valence-corrected chi connectivity index (χ3v) is 4.85. The van der Waals surface area contributed by atoms with Gasteiger partial charge in [-0.25, -0.2) is 0 Å². The van der Waals surface area contributed by atoms with Crippen LogP contribution in [-0.2, 0) is 0 Å². The summed E-state index contributed by atoms with van der Waals surface area (Å²) < 4.78 is 0. The van der Waals surface area contributed by atoms with Gasteiger partial charge in [0.25, 0.3) is 0 Å². The molecule has 3 rings (SSSR count). The van der Waals surface area contributed by atoms with Crippen molar-refractivity contribution >= 4 is 0 Å². The molecule has 1 aliphatic heterocycles. The van der Waals surface area contributed by atoms with Crippen LogP contribution in [-0.4, -0.2) is 30.3 Å². The Hall–Kier alpha value is -0.860. The minimum absolute atomic E-state index is 0.0525. The molecule has 1 aromatic carbocycles. The molecule has 0 aromatic heterocycles. The molecule has 0 spiro atoms. The highest BCUT2D eigenvalue weighted by molar-refractivity contribution is 5.19. The van der Waals surface area contributed by atoms with E-state index in [-0.39, 0.29) is 6.10 Å². The maximum atomic E-state index is 10.2. The fourth-order valence-electron chi connectivity index (χ4n) is 3.81. The highest BCUT2D eigenvalue weighted by atomic mass is 16.3. The lowest BCUT2D eigenvalue weighted by Gasteiger charge is -2.32. The predicted octanol–water partition coefficient (Wildman–Crippen LogP) is 1.36. The molecule has 2 aliphatic rings. The van der Waals surface area contributed by atoms with Crippen molar-refractivity contribution in [3.8, 4) is 0 Å². The summed E-state index contributed by atoms with van der Waals surface area (Å²) in [6.45, 7) is 2.45. The van der Waals surface area contributed by atoms with Crippen molar-refractivity contribution < 1.29 is 10.0 Å². The van der Waals surface area contributed by atoms with Crippen LogP contribution in [0.15, 0.2) is 30.3 Å². The highest BCUT2D eigenvalue weighted by Gasteiger charge is 2.37. The van der Waals surface area contributed by atoms with E-state index in [2.05, 4.69) is 30.3 Å². The molecule has 0 bridgehead atoms. The zero-order chi connectivity index (χ0) is 12.4. The van der Waals surface area contributed by atoms with Crippen LogP contribution >= 0.6 is 0 Å². The van der Waals surface area contributed by atoms with Crippen molar-refractivity contribution in [3.63, 3.8) is 0 Å². The van der Waals surface area contributed by atoms with E-state index in [1.54, 1.807) is 4.90 Å². The second kappa shape index (κ2) is 5.41. The third-order valence-electron chi connectivity index (χ3n) is 4.85. The van der Waals surface area contributed by atoms with Crippen LogP contribution in [0.2, 0.25) is 0 Å². The van der Waals surface area contributed by atoms with Crippen LogP contribution in [0.1, 0.15) is 43.6 Å². The molecular weight excluding hydrogens is 222 g/mol. The Bertz CT molecular complexity index is 378. The molecule has 2 fully saturated rings. The number of aliphatic hydroxyl groups is 1. The van der Waals surface area contributed by atoms with Gasteiger partial charge in [-0.3, -0.25) is 0 Å². The maximum absolute atomic E-state index is 10.2. The summed E-state index contributed by atoms with van der Waals surface area (Å²) in [5.74, 6) is 0.704. The zero-order valence-electron chi connectivity index (χ0n) is 11.0. The molecule has 2 heteroatoms. The molecular formula is C16H24NO+. The van der Waals surface area contributed by atoms with Crippen LogP contribution in [0.5, 0.6) is 0 Å². The smallest absolute Gasteiger partial charge is 0.114 e. The van der Waals surface area contributed by atoms with Crippen molar-refractivity contribution in [1.29, 1.82) is 0 Å². The molecule has 4 atom stereocenters. The summed E-state index contributed by atoms with van der Waals surface area (Å²) >= 11 is 0. The number of benzene rings is 1. The molecule has 1 saturated carbocycles. The lowest BCUT2D eigenvalue weighted by molar-refractivity contribution is -0.919. The van der Waals surface area contributed by atoms with Gasteiger partial charge in [-0.2, -0.15) is 0 Å². The number of quaternary nitrogens is 1.